The van der Waals surface area contributed by atoms with Gasteiger partial charge in [-0.25, -0.2) is 15.2 Å². The summed E-state index contributed by atoms with van der Waals surface area (Å²) in [6.07, 6.45) is 8.02. The third-order valence-corrected chi connectivity index (χ3v) is 8.27. The summed E-state index contributed by atoms with van der Waals surface area (Å²) in [6.45, 7) is 5.04. The predicted molar refractivity (Wildman–Crippen MR) is 193 cm³/mol. The first kappa shape index (κ1) is 44.4. The summed E-state index contributed by atoms with van der Waals surface area (Å²) in [4.78, 5) is 59.3. The van der Waals surface area contributed by atoms with Crippen LogP contribution in [0, 0.1) is 0 Å². The summed E-state index contributed by atoms with van der Waals surface area (Å²) in [5.41, 5.74) is 2.19. The highest BCUT2D eigenvalue weighted by Crippen LogP contribution is 2.11. The monoisotopic (exact) mass is 722 g/mol. The first-order valence-electron chi connectivity index (χ1n) is 17.8. The van der Waals surface area contributed by atoms with Crippen molar-refractivity contribution in [1.82, 2.24) is 25.8 Å². The smallest absolute Gasteiger partial charge is 0.246 e. The number of hydrogen-bond acceptors (Lipinski definition) is 9. The third kappa shape index (κ3) is 22.1. The predicted octanol–water partition coefficient (Wildman–Crippen LogP) is 4.75. The lowest BCUT2D eigenvalue weighted by Gasteiger charge is -2.15. The van der Waals surface area contributed by atoms with E-state index in [0.29, 0.717) is 78.3 Å². The van der Waals surface area contributed by atoms with E-state index in [2.05, 4.69) is 35.0 Å². The standard InChI is InChI=1S/C35H58N6O8S/c1-3-29-15-17-30(18-16-29)38-35(50)37-24-10-7-13-27-40(48)33(45)21-19-31(43)14-8-4-5-11-26-41(49)34(46)22-20-32(44)36-23-9-6-12-25-39(47)28(2)42/h15-18,47-49H,3-14,19-27H2,1-2H3,(H,36,44)(H2,37,38,50). The van der Waals surface area contributed by atoms with Gasteiger partial charge in [0.1, 0.15) is 5.78 Å². The van der Waals surface area contributed by atoms with E-state index in [1.165, 1.54) is 12.5 Å². The number of nitrogens with one attached hydrogen (secondary N) is 3. The molecule has 0 saturated heterocycles. The van der Waals surface area contributed by atoms with Crippen molar-refractivity contribution in [3.05, 3.63) is 29.8 Å². The maximum Gasteiger partial charge on any atom is 0.246 e. The Labute approximate surface area is 301 Å². The lowest BCUT2D eigenvalue weighted by atomic mass is 10.1. The second kappa shape index (κ2) is 27.1. The van der Waals surface area contributed by atoms with E-state index < -0.39 is 17.7 Å². The Hall–Kier alpha value is -3.66. The maximum absolute atomic E-state index is 12.2. The van der Waals surface area contributed by atoms with Gasteiger partial charge in [-0.05, 0) is 87.7 Å². The average Bonchev–Trinajstić information content (AvgIpc) is 3.10. The van der Waals surface area contributed by atoms with Crippen LogP contribution >= 0.6 is 12.2 Å². The third-order valence-electron chi connectivity index (χ3n) is 8.02. The molecule has 0 spiro atoms. The van der Waals surface area contributed by atoms with Gasteiger partial charge in [0.15, 0.2) is 5.11 Å². The van der Waals surface area contributed by atoms with Gasteiger partial charge in [-0.15, -0.1) is 0 Å². The number of anilines is 1. The molecule has 0 bridgehead atoms. The molecule has 50 heavy (non-hydrogen) atoms. The lowest BCUT2D eigenvalue weighted by Crippen LogP contribution is -2.31. The molecule has 282 valence electrons. The molecule has 0 heterocycles. The van der Waals surface area contributed by atoms with Gasteiger partial charge in [0.25, 0.3) is 0 Å². The minimum atomic E-state index is -0.538. The molecule has 1 aromatic carbocycles. The topological polar surface area (TPSA) is 192 Å². The summed E-state index contributed by atoms with van der Waals surface area (Å²) < 4.78 is 0. The number of hydroxylamine groups is 6. The van der Waals surface area contributed by atoms with Crippen LogP contribution in [0.4, 0.5) is 5.69 Å². The van der Waals surface area contributed by atoms with E-state index in [0.717, 1.165) is 37.8 Å². The fourth-order valence-electron chi connectivity index (χ4n) is 4.84. The van der Waals surface area contributed by atoms with Crippen LogP contribution in [-0.2, 0) is 30.4 Å². The number of carbonyl (C=O) groups excluding carboxylic acids is 5. The van der Waals surface area contributed by atoms with Gasteiger partial charge in [0.05, 0.1) is 0 Å². The Morgan fingerprint density at radius 2 is 1.12 bits per heavy atom. The number of Topliss-reactive ketones (excluding diaryl/α,β-unsaturated/α-hetero) is 1. The van der Waals surface area contributed by atoms with Crippen LogP contribution in [0.5, 0.6) is 0 Å². The molecule has 0 fully saturated rings. The highest BCUT2D eigenvalue weighted by Gasteiger charge is 2.14. The number of benzene rings is 1. The zero-order valence-corrected chi connectivity index (χ0v) is 30.6. The van der Waals surface area contributed by atoms with Crippen LogP contribution < -0.4 is 16.0 Å². The fourth-order valence-corrected chi connectivity index (χ4v) is 5.06. The largest absolute Gasteiger partial charge is 0.362 e. The number of ketones is 1. The minimum absolute atomic E-state index is 0.0373. The van der Waals surface area contributed by atoms with Crippen LogP contribution in [0.3, 0.4) is 0 Å². The van der Waals surface area contributed by atoms with E-state index >= 15 is 0 Å². The molecule has 0 atom stereocenters. The van der Waals surface area contributed by atoms with Crippen molar-refractivity contribution < 1.29 is 39.6 Å². The SMILES string of the molecule is CCc1ccc(NC(=S)NCCCCCN(O)C(=O)CCC(=O)CCCCCCN(O)C(=O)CCC(=O)NCCCCCN(O)C(C)=O)cc1. The number of carbonyl (C=O) groups is 5. The molecule has 6 N–H and O–H groups in total. The molecule has 0 aliphatic carbocycles. The molecule has 14 nitrogen and oxygen atoms in total. The summed E-state index contributed by atoms with van der Waals surface area (Å²) in [7, 11) is 0. The number of thiocarbonyl (C=S) groups is 1. The number of rotatable bonds is 27. The van der Waals surface area contributed by atoms with Crippen molar-refractivity contribution >= 4 is 52.4 Å². The summed E-state index contributed by atoms with van der Waals surface area (Å²) >= 11 is 5.32. The van der Waals surface area contributed by atoms with Crippen LogP contribution in [-0.4, -0.2) is 98.1 Å². The summed E-state index contributed by atoms with van der Waals surface area (Å²) in [5.74, 6) is -1.77. The molecule has 0 radical (unpaired) electrons. The summed E-state index contributed by atoms with van der Waals surface area (Å²) in [5, 5.41) is 40.8. The number of aryl methyl sites for hydroxylation is 1. The quantitative estimate of drug-likeness (QED) is 0.0318. The summed E-state index contributed by atoms with van der Waals surface area (Å²) in [6, 6.07) is 8.09. The van der Waals surface area contributed by atoms with Gasteiger partial charge < -0.3 is 16.0 Å². The molecule has 0 unspecified atom stereocenters. The highest BCUT2D eigenvalue weighted by molar-refractivity contribution is 7.80. The molecule has 0 saturated carbocycles. The van der Waals surface area contributed by atoms with Gasteiger partial charge in [-0.2, -0.15) is 0 Å². The molecular formula is C35H58N6O8S. The molecule has 4 amide bonds. The Balaban J connectivity index is 2.00. The molecule has 1 aromatic rings. The van der Waals surface area contributed by atoms with Gasteiger partial charge in [-0.1, -0.05) is 31.9 Å². The van der Waals surface area contributed by atoms with Gasteiger partial charge in [-0.3, -0.25) is 39.6 Å². The minimum Gasteiger partial charge on any atom is -0.362 e. The van der Waals surface area contributed by atoms with Crippen molar-refractivity contribution in [2.75, 3.05) is 38.0 Å². The molecule has 0 aliphatic heterocycles. The van der Waals surface area contributed by atoms with Crippen LogP contribution in [0.25, 0.3) is 0 Å². The van der Waals surface area contributed by atoms with Crippen molar-refractivity contribution in [3.63, 3.8) is 0 Å². The van der Waals surface area contributed by atoms with Gasteiger partial charge >= 0.3 is 0 Å². The van der Waals surface area contributed by atoms with Crippen molar-refractivity contribution in [2.45, 2.75) is 117 Å². The van der Waals surface area contributed by atoms with Crippen LogP contribution in [0.2, 0.25) is 0 Å². The Morgan fingerprint density at radius 1 is 0.620 bits per heavy atom. The maximum atomic E-state index is 12.2. The van der Waals surface area contributed by atoms with Gasteiger partial charge in [0.2, 0.25) is 23.6 Å². The fraction of sp³-hybridized carbons (Fsp3) is 0.657. The zero-order chi connectivity index (χ0) is 37.1. The average molecular weight is 723 g/mol. The normalized spacial score (nSPS) is 10.7. The van der Waals surface area contributed by atoms with Crippen LogP contribution in [0.1, 0.15) is 116 Å². The first-order chi connectivity index (χ1) is 23.9. The number of unbranched alkanes of at least 4 members (excludes halogenated alkanes) is 7. The Morgan fingerprint density at radius 3 is 1.68 bits per heavy atom. The zero-order valence-electron chi connectivity index (χ0n) is 29.8. The molecule has 1 rings (SSSR count). The van der Waals surface area contributed by atoms with Crippen molar-refractivity contribution in [1.29, 1.82) is 0 Å². The molecular weight excluding hydrogens is 664 g/mol. The second-order valence-corrected chi connectivity index (χ2v) is 12.7. The van der Waals surface area contributed by atoms with E-state index in [-0.39, 0.29) is 57.0 Å². The number of amides is 4. The number of nitrogens with zero attached hydrogens (tertiary/aromatic N) is 3. The first-order valence-corrected chi connectivity index (χ1v) is 18.2. The van der Waals surface area contributed by atoms with E-state index in [9.17, 15) is 39.6 Å². The van der Waals surface area contributed by atoms with Crippen molar-refractivity contribution in [2.24, 2.45) is 0 Å². The van der Waals surface area contributed by atoms with Crippen LogP contribution in [0.15, 0.2) is 24.3 Å². The molecule has 15 heteroatoms. The van der Waals surface area contributed by atoms with E-state index in [4.69, 9.17) is 12.2 Å². The molecule has 0 aliphatic rings. The highest BCUT2D eigenvalue weighted by atomic mass is 32.1. The lowest BCUT2D eigenvalue weighted by molar-refractivity contribution is -0.166. The van der Waals surface area contributed by atoms with Gasteiger partial charge in [0, 0.05) is 77.4 Å². The molecule has 0 aromatic heterocycles. The van der Waals surface area contributed by atoms with Crippen molar-refractivity contribution in [3.8, 4) is 0 Å². The van der Waals surface area contributed by atoms with E-state index in [1.807, 2.05) is 12.1 Å². The second-order valence-electron chi connectivity index (χ2n) is 12.3. The van der Waals surface area contributed by atoms with E-state index in [1.54, 1.807) is 0 Å². The Kier molecular flexibility index (Phi) is 24.1. The number of hydrogen-bond donors (Lipinski definition) is 6. The Bertz CT molecular complexity index is 1190.